The van der Waals surface area contributed by atoms with Gasteiger partial charge in [-0.3, -0.25) is 4.79 Å². The van der Waals surface area contributed by atoms with Crippen LogP contribution in [0.15, 0.2) is 30.5 Å². The molecule has 0 saturated heterocycles. The van der Waals surface area contributed by atoms with Crippen molar-refractivity contribution in [2.45, 2.75) is 26.8 Å². The third-order valence-electron chi connectivity index (χ3n) is 3.88. The average molecular weight is 344 g/mol. The van der Waals surface area contributed by atoms with Crippen molar-refractivity contribution < 1.29 is 9.53 Å². The second kappa shape index (κ2) is 9.22. The number of nitrogens with zero attached hydrogens (tertiary/aromatic N) is 3. The minimum atomic E-state index is 0.110. The molecule has 0 atom stereocenters. The number of carbonyl (C=O) groups excluding carboxylic acids is 1. The molecular weight excluding hydrogens is 316 g/mol. The zero-order chi connectivity index (χ0) is 18.2. The molecule has 0 radical (unpaired) electrons. The van der Waals surface area contributed by atoms with Gasteiger partial charge in [0, 0.05) is 13.1 Å². The maximum atomic E-state index is 12.8. The summed E-state index contributed by atoms with van der Waals surface area (Å²) < 4.78 is 5.45. The van der Waals surface area contributed by atoms with Gasteiger partial charge in [0.2, 0.25) is 5.91 Å². The minimum absolute atomic E-state index is 0.110. The maximum Gasteiger partial charge on any atom is 0.227 e. The number of H-pyrrole nitrogens is 1. The number of carbonyl (C=O) groups is 1. The number of hydrogen-bond donors (Lipinski definition) is 1. The second-order valence-electron chi connectivity index (χ2n) is 6.37. The molecule has 0 aliphatic carbocycles. The first-order chi connectivity index (χ1) is 12.0. The number of hydrogen-bond acceptors (Lipinski definition) is 4. The average Bonchev–Trinajstić information content (AvgIpc) is 2.98. The zero-order valence-corrected chi connectivity index (χ0v) is 15.6. The largest absolute Gasteiger partial charge is 0.494 e. The highest BCUT2D eigenvalue weighted by Gasteiger charge is 2.16. The van der Waals surface area contributed by atoms with Gasteiger partial charge < -0.3 is 19.5 Å². The fraction of sp³-hybridized carbons (Fsp3) is 0.474. The molecule has 6 heteroatoms. The molecule has 2 aromatic rings. The number of imidazole rings is 1. The van der Waals surface area contributed by atoms with E-state index in [1.807, 2.05) is 57.1 Å². The van der Waals surface area contributed by atoms with Crippen molar-refractivity contribution in [1.29, 1.82) is 0 Å². The summed E-state index contributed by atoms with van der Waals surface area (Å²) in [6, 6.07) is 7.73. The standard InChI is InChI=1S/C19H28N4O2/c1-5-25-18-8-6-16(7-9-18)12-19(24)23(11-10-22(3)4)14-17-13-20-15(2)21-17/h6-9,13H,5,10-12,14H2,1-4H3,(H,20,21). The lowest BCUT2D eigenvalue weighted by Gasteiger charge is -2.24. The number of aryl methyl sites for hydroxylation is 1. The van der Waals surface area contributed by atoms with Crippen LogP contribution in [-0.2, 0) is 17.8 Å². The van der Waals surface area contributed by atoms with Gasteiger partial charge in [-0.15, -0.1) is 0 Å². The molecule has 0 spiro atoms. The predicted octanol–water partition coefficient (Wildman–Crippen LogP) is 2.25. The number of likely N-dealkylation sites (N-methyl/N-ethyl adjacent to an activating group) is 1. The van der Waals surface area contributed by atoms with Crippen molar-refractivity contribution in [2.24, 2.45) is 0 Å². The van der Waals surface area contributed by atoms with E-state index in [-0.39, 0.29) is 5.91 Å². The number of aromatic amines is 1. The van der Waals surface area contributed by atoms with Gasteiger partial charge in [0.05, 0.1) is 31.5 Å². The van der Waals surface area contributed by atoms with Crippen LogP contribution in [0.5, 0.6) is 5.75 Å². The molecule has 0 unspecified atom stereocenters. The lowest BCUT2D eigenvalue weighted by Crippen LogP contribution is -2.37. The normalized spacial score (nSPS) is 10.9. The first-order valence-corrected chi connectivity index (χ1v) is 8.62. The number of benzene rings is 1. The molecule has 6 nitrogen and oxygen atoms in total. The molecule has 1 aromatic heterocycles. The topological polar surface area (TPSA) is 61.5 Å². The van der Waals surface area contributed by atoms with E-state index in [1.165, 1.54) is 0 Å². The van der Waals surface area contributed by atoms with Gasteiger partial charge in [-0.1, -0.05) is 12.1 Å². The first kappa shape index (κ1) is 19.0. The van der Waals surface area contributed by atoms with E-state index in [2.05, 4.69) is 14.9 Å². The van der Waals surface area contributed by atoms with Crippen LogP contribution >= 0.6 is 0 Å². The van der Waals surface area contributed by atoms with Gasteiger partial charge >= 0.3 is 0 Å². The fourth-order valence-electron chi connectivity index (χ4n) is 2.53. The Morgan fingerprint density at radius 1 is 1.20 bits per heavy atom. The SMILES string of the molecule is CCOc1ccc(CC(=O)N(CCN(C)C)Cc2cnc(C)[nH]2)cc1. The van der Waals surface area contributed by atoms with Crippen molar-refractivity contribution in [1.82, 2.24) is 19.8 Å². The summed E-state index contributed by atoms with van der Waals surface area (Å²) in [4.78, 5) is 24.2. The summed E-state index contributed by atoms with van der Waals surface area (Å²) in [6.07, 6.45) is 2.18. The highest BCUT2D eigenvalue weighted by Crippen LogP contribution is 2.14. The van der Waals surface area contributed by atoms with E-state index >= 15 is 0 Å². The molecule has 1 heterocycles. The molecule has 1 N–H and O–H groups in total. The number of nitrogens with one attached hydrogen (secondary N) is 1. The highest BCUT2D eigenvalue weighted by atomic mass is 16.5. The van der Waals surface area contributed by atoms with E-state index in [9.17, 15) is 4.79 Å². The molecule has 0 aliphatic heterocycles. The Morgan fingerprint density at radius 2 is 1.92 bits per heavy atom. The predicted molar refractivity (Wildman–Crippen MR) is 98.6 cm³/mol. The van der Waals surface area contributed by atoms with E-state index in [1.54, 1.807) is 6.20 Å². The summed E-state index contributed by atoms with van der Waals surface area (Å²) in [5.41, 5.74) is 1.94. The van der Waals surface area contributed by atoms with E-state index in [4.69, 9.17) is 4.74 Å². The van der Waals surface area contributed by atoms with Crippen molar-refractivity contribution in [3.63, 3.8) is 0 Å². The third kappa shape index (κ3) is 6.23. The lowest BCUT2D eigenvalue weighted by molar-refractivity contribution is -0.131. The van der Waals surface area contributed by atoms with Gasteiger partial charge in [0.1, 0.15) is 11.6 Å². The molecule has 0 fully saturated rings. The van der Waals surface area contributed by atoms with Crippen LogP contribution in [0.4, 0.5) is 0 Å². The van der Waals surface area contributed by atoms with Crippen LogP contribution in [0.2, 0.25) is 0 Å². The number of ether oxygens (including phenoxy) is 1. The smallest absolute Gasteiger partial charge is 0.227 e. The molecule has 0 bridgehead atoms. The summed E-state index contributed by atoms with van der Waals surface area (Å²) in [5, 5.41) is 0. The molecule has 0 aliphatic rings. The van der Waals surface area contributed by atoms with Crippen LogP contribution in [0.1, 0.15) is 24.0 Å². The van der Waals surface area contributed by atoms with Crippen molar-refractivity contribution >= 4 is 5.91 Å². The number of amides is 1. The number of rotatable bonds is 9. The Kier molecular flexibility index (Phi) is 7.01. The van der Waals surface area contributed by atoms with Crippen molar-refractivity contribution in [3.05, 3.63) is 47.5 Å². The van der Waals surface area contributed by atoms with Gasteiger partial charge in [0.15, 0.2) is 0 Å². The summed E-state index contributed by atoms with van der Waals surface area (Å²) in [7, 11) is 4.02. The fourth-order valence-corrected chi connectivity index (χ4v) is 2.53. The van der Waals surface area contributed by atoms with E-state index in [0.29, 0.717) is 26.1 Å². The summed E-state index contributed by atoms with van der Waals surface area (Å²) in [5.74, 6) is 1.80. The van der Waals surface area contributed by atoms with E-state index < -0.39 is 0 Å². The molecule has 2 rings (SSSR count). The Balaban J connectivity index is 2.02. The van der Waals surface area contributed by atoms with E-state index in [0.717, 1.165) is 29.4 Å². The van der Waals surface area contributed by atoms with Gasteiger partial charge in [-0.25, -0.2) is 4.98 Å². The van der Waals surface area contributed by atoms with Crippen LogP contribution < -0.4 is 4.74 Å². The monoisotopic (exact) mass is 344 g/mol. The lowest BCUT2D eigenvalue weighted by atomic mass is 10.1. The molecule has 25 heavy (non-hydrogen) atoms. The van der Waals surface area contributed by atoms with Gasteiger partial charge in [-0.2, -0.15) is 0 Å². The quantitative estimate of drug-likeness (QED) is 0.758. The third-order valence-corrected chi connectivity index (χ3v) is 3.88. The summed E-state index contributed by atoms with van der Waals surface area (Å²) in [6.45, 7) is 6.56. The van der Waals surface area contributed by atoms with Crippen molar-refractivity contribution in [2.75, 3.05) is 33.8 Å². The van der Waals surface area contributed by atoms with Gasteiger partial charge in [0.25, 0.3) is 0 Å². The molecule has 1 aromatic carbocycles. The second-order valence-corrected chi connectivity index (χ2v) is 6.37. The molecular formula is C19H28N4O2. The van der Waals surface area contributed by atoms with Crippen LogP contribution in [0.25, 0.3) is 0 Å². The zero-order valence-electron chi connectivity index (χ0n) is 15.6. The minimum Gasteiger partial charge on any atom is -0.494 e. The van der Waals surface area contributed by atoms with Gasteiger partial charge in [-0.05, 0) is 45.6 Å². The summed E-state index contributed by atoms with van der Waals surface area (Å²) >= 11 is 0. The molecule has 0 saturated carbocycles. The molecule has 1 amide bonds. The Bertz CT molecular complexity index is 664. The molecule has 136 valence electrons. The highest BCUT2D eigenvalue weighted by molar-refractivity contribution is 5.78. The Hall–Kier alpha value is -2.34. The van der Waals surface area contributed by atoms with Crippen LogP contribution in [0, 0.1) is 6.92 Å². The maximum absolute atomic E-state index is 12.8. The Labute approximate surface area is 149 Å². The Morgan fingerprint density at radius 3 is 2.48 bits per heavy atom. The number of aromatic nitrogens is 2. The van der Waals surface area contributed by atoms with Crippen molar-refractivity contribution in [3.8, 4) is 5.75 Å². The first-order valence-electron chi connectivity index (χ1n) is 8.62. The van der Waals surface area contributed by atoms with Crippen LogP contribution in [0.3, 0.4) is 0 Å². The van der Waals surface area contributed by atoms with Crippen LogP contribution in [-0.4, -0.2) is 59.5 Å².